The summed E-state index contributed by atoms with van der Waals surface area (Å²) in [5.41, 5.74) is 1.56. The number of rotatable bonds is 4. The molecular weight excluding hydrogens is 282 g/mol. The molecule has 0 aromatic heterocycles. The highest BCUT2D eigenvalue weighted by molar-refractivity contribution is 9.10. The molecule has 1 aromatic carbocycles. The topological polar surface area (TPSA) is 46.2 Å². The molecule has 1 rings (SSSR count). The zero-order chi connectivity index (χ0) is 13.0. The summed E-state index contributed by atoms with van der Waals surface area (Å²) in [5, 5.41) is 2.63. The first-order valence-electron chi connectivity index (χ1n) is 5.49. The number of ketones is 1. The van der Waals surface area contributed by atoms with Crippen molar-refractivity contribution in [2.75, 3.05) is 6.54 Å². The Morgan fingerprint density at radius 2 is 2.00 bits per heavy atom. The maximum Gasteiger partial charge on any atom is 0.252 e. The van der Waals surface area contributed by atoms with Crippen molar-refractivity contribution in [2.24, 2.45) is 5.92 Å². The second-order valence-electron chi connectivity index (χ2n) is 4.29. The van der Waals surface area contributed by atoms with Gasteiger partial charge in [-0.05, 0) is 35.0 Å². The lowest BCUT2D eigenvalue weighted by atomic mass is 10.1. The van der Waals surface area contributed by atoms with Crippen LogP contribution in [0.5, 0.6) is 0 Å². The third-order valence-corrected chi connectivity index (χ3v) is 3.13. The molecule has 0 unspecified atom stereocenters. The van der Waals surface area contributed by atoms with Crippen molar-refractivity contribution in [2.45, 2.75) is 20.8 Å². The summed E-state index contributed by atoms with van der Waals surface area (Å²) in [7, 11) is 0. The second kappa shape index (κ2) is 5.96. The predicted octanol–water partition coefficient (Wildman–Crippen LogP) is 2.71. The molecule has 0 spiro atoms. The number of nitrogens with one attached hydrogen (secondary N) is 1. The van der Waals surface area contributed by atoms with E-state index in [2.05, 4.69) is 21.2 Å². The number of amides is 1. The molecule has 0 saturated heterocycles. The Hall–Kier alpha value is -1.16. The van der Waals surface area contributed by atoms with E-state index >= 15 is 0 Å². The first-order valence-corrected chi connectivity index (χ1v) is 6.28. The zero-order valence-corrected chi connectivity index (χ0v) is 11.8. The summed E-state index contributed by atoms with van der Waals surface area (Å²) < 4.78 is 0.734. The Morgan fingerprint density at radius 1 is 1.35 bits per heavy atom. The summed E-state index contributed by atoms with van der Waals surface area (Å²) in [5.74, 6) is -0.257. The number of carbonyl (C=O) groups excluding carboxylic acids is 2. The summed E-state index contributed by atoms with van der Waals surface area (Å²) in [6, 6.07) is 5.54. The van der Waals surface area contributed by atoms with E-state index in [1.54, 1.807) is 6.07 Å². The highest BCUT2D eigenvalue weighted by atomic mass is 79.9. The lowest BCUT2D eigenvalue weighted by Gasteiger charge is -2.08. The Kier molecular flexibility index (Phi) is 4.87. The zero-order valence-electron chi connectivity index (χ0n) is 10.2. The van der Waals surface area contributed by atoms with Crippen LogP contribution in [0.15, 0.2) is 22.7 Å². The van der Waals surface area contributed by atoms with Crippen LogP contribution in [0.4, 0.5) is 0 Å². The van der Waals surface area contributed by atoms with Gasteiger partial charge in [-0.2, -0.15) is 0 Å². The van der Waals surface area contributed by atoms with Crippen molar-refractivity contribution in [1.82, 2.24) is 5.32 Å². The van der Waals surface area contributed by atoms with Gasteiger partial charge in [-0.25, -0.2) is 0 Å². The molecule has 0 saturated carbocycles. The smallest absolute Gasteiger partial charge is 0.252 e. The fourth-order valence-electron chi connectivity index (χ4n) is 1.28. The van der Waals surface area contributed by atoms with Crippen LogP contribution < -0.4 is 5.32 Å². The maximum atomic E-state index is 11.9. The van der Waals surface area contributed by atoms with Crippen molar-refractivity contribution in [3.05, 3.63) is 33.8 Å². The number of hydrogen-bond donors (Lipinski definition) is 1. The van der Waals surface area contributed by atoms with E-state index in [-0.39, 0.29) is 24.2 Å². The second-order valence-corrected chi connectivity index (χ2v) is 5.14. The van der Waals surface area contributed by atoms with Crippen molar-refractivity contribution in [1.29, 1.82) is 0 Å². The summed E-state index contributed by atoms with van der Waals surface area (Å²) in [4.78, 5) is 23.3. The number of carbonyl (C=O) groups is 2. The molecule has 0 radical (unpaired) electrons. The van der Waals surface area contributed by atoms with Crippen LogP contribution in [0.2, 0.25) is 0 Å². The predicted molar refractivity (Wildman–Crippen MR) is 71.1 cm³/mol. The number of benzene rings is 1. The Morgan fingerprint density at radius 3 is 2.59 bits per heavy atom. The van der Waals surface area contributed by atoms with Gasteiger partial charge in [0.05, 0.1) is 12.1 Å². The van der Waals surface area contributed by atoms with Crippen LogP contribution in [0.3, 0.4) is 0 Å². The van der Waals surface area contributed by atoms with E-state index < -0.39 is 0 Å². The van der Waals surface area contributed by atoms with E-state index in [0.717, 1.165) is 10.0 Å². The molecule has 0 aliphatic heterocycles. The SMILES string of the molecule is Cc1ccc(Br)c(C(=O)NCC(=O)C(C)C)c1. The largest absolute Gasteiger partial charge is 0.345 e. The third kappa shape index (κ3) is 3.97. The first-order chi connectivity index (χ1) is 7.91. The van der Waals surface area contributed by atoms with Gasteiger partial charge in [0.25, 0.3) is 5.91 Å². The van der Waals surface area contributed by atoms with E-state index in [1.165, 1.54) is 0 Å². The molecule has 0 aliphatic carbocycles. The van der Waals surface area contributed by atoms with Crippen molar-refractivity contribution < 1.29 is 9.59 Å². The molecule has 0 heterocycles. The standard InChI is InChI=1S/C13H16BrNO2/c1-8(2)12(16)7-15-13(17)10-6-9(3)4-5-11(10)14/h4-6,8H,7H2,1-3H3,(H,15,17). The molecule has 4 heteroatoms. The molecular formula is C13H16BrNO2. The number of halogens is 1. The van der Waals surface area contributed by atoms with Crippen LogP contribution in [-0.4, -0.2) is 18.2 Å². The van der Waals surface area contributed by atoms with Gasteiger partial charge in [0.2, 0.25) is 0 Å². The van der Waals surface area contributed by atoms with Gasteiger partial charge < -0.3 is 5.32 Å². The molecule has 0 atom stereocenters. The Labute approximate surface area is 110 Å². The molecule has 0 bridgehead atoms. The van der Waals surface area contributed by atoms with E-state index in [0.29, 0.717) is 5.56 Å². The minimum atomic E-state index is -0.227. The minimum Gasteiger partial charge on any atom is -0.345 e. The Balaban J connectivity index is 2.70. The quantitative estimate of drug-likeness (QED) is 0.929. The van der Waals surface area contributed by atoms with E-state index in [1.807, 2.05) is 32.9 Å². The van der Waals surface area contributed by atoms with Crippen molar-refractivity contribution >= 4 is 27.6 Å². The van der Waals surface area contributed by atoms with Gasteiger partial charge in [-0.3, -0.25) is 9.59 Å². The summed E-state index contributed by atoms with van der Waals surface area (Å²) >= 11 is 3.32. The highest BCUT2D eigenvalue weighted by Crippen LogP contribution is 2.17. The lowest BCUT2D eigenvalue weighted by molar-refractivity contribution is -0.120. The van der Waals surface area contributed by atoms with E-state index in [4.69, 9.17) is 0 Å². The van der Waals surface area contributed by atoms with Crippen molar-refractivity contribution in [3.63, 3.8) is 0 Å². The van der Waals surface area contributed by atoms with Crippen LogP contribution in [0.25, 0.3) is 0 Å². The van der Waals surface area contributed by atoms with Crippen LogP contribution in [0.1, 0.15) is 29.8 Å². The average Bonchev–Trinajstić information content (AvgIpc) is 2.28. The molecule has 92 valence electrons. The molecule has 1 N–H and O–H groups in total. The molecule has 3 nitrogen and oxygen atoms in total. The van der Waals surface area contributed by atoms with Gasteiger partial charge in [-0.1, -0.05) is 25.5 Å². The van der Waals surface area contributed by atoms with E-state index in [9.17, 15) is 9.59 Å². The Bertz CT molecular complexity index is 441. The molecule has 0 aliphatic rings. The van der Waals surface area contributed by atoms with Gasteiger partial charge in [0.1, 0.15) is 0 Å². The third-order valence-electron chi connectivity index (χ3n) is 2.43. The van der Waals surface area contributed by atoms with Gasteiger partial charge >= 0.3 is 0 Å². The van der Waals surface area contributed by atoms with Gasteiger partial charge in [0.15, 0.2) is 5.78 Å². The monoisotopic (exact) mass is 297 g/mol. The highest BCUT2D eigenvalue weighted by Gasteiger charge is 2.13. The average molecular weight is 298 g/mol. The molecule has 17 heavy (non-hydrogen) atoms. The normalized spacial score (nSPS) is 10.4. The fraction of sp³-hybridized carbons (Fsp3) is 0.385. The number of aryl methyl sites for hydroxylation is 1. The van der Waals surface area contributed by atoms with Gasteiger partial charge in [0, 0.05) is 10.4 Å². The molecule has 0 fully saturated rings. The fourth-order valence-corrected chi connectivity index (χ4v) is 1.71. The van der Waals surface area contributed by atoms with Crippen LogP contribution in [-0.2, 0) is 4.79 Å². The minimum absolute atomic E-state index is 0.0297. The lowest BCUT2D eigenvalue weighted by Crippen LogP contribution is -2.31. The maximum absolute atomic E-state index is 11.9. The first kappa shape index (κ1) is 13.9. The van der Waals surface area contributed by atoms with Crippen LogP contribution >= 0.6 is 15.9 Å². The summed E-state index contributed by atoms with van der Waals surface area (Å²) in [6.07, 6.45) is 0. The van der Waals surface area contributed by atoms with Gasteiger partial charge in [-0.15, -0.1) is 0 Å². The van der Waals surface area contributed by atoms with Crippen LogP contribution in [0, 0.1) is 12.8 Å². The molecule has 1 aromatic rings. The number of hydrogen-bond acceptors (Lipinski definition) is 2. The van der Waals surface area contributed by atoms with Crippen molar-refractivity contribution in [3.8, 4) is 0 Å². The number of Topliss-reactive ketones (excluding diaryl/α,β-unsaturated/α-hetero) is 1. The summed E-state index contributed by atoms with van der Waals surface area (Å²) in [6.45, 7) is 5.63. The molecule has 1 amide bonds.